The number of rotatable bonds is 5. The van der Waals surface area contributed by atoms with Gasteiger partial charge in [-0.1, -0.05) is 5.16 Å². The summed E-state index contributed by atoms with van der Waals surface area (Å²) >= 11 is 0.198. The maximum absolute atomic E-state index is 12.4. The average molecular weight is 300 g/mol. The molecule has 0 spiro atoms. The molecule has 0 atom stereocenters. The van der Waals surface area contributed by atoms with Crippen molar-refractivity contribution in [3.8, 4) is 0 Å². The molecule has 0 radical (unpaired) electrons. The van der Waals surface area contributed by atoms with Gasteiger partial charge in [0.1, 0.15) is 5.03 Å². The number of thioether (sulfide) groups is 1. The lowest BCUT2D eigenvalue weighted by Crippen LogP contribution is -2.07. The van der Waals surface area contributed by atoms with Crippen LogP contribution >= 0.6 is 11.8 Å². The predicted octanol–water partition coefficient (Wildman–Crippen LogP) is 3.05. The minimum absolute atomic E-state index is 0.00552. The Morgan fingerprint density at radius 3 is 3.00 bits per heavy atom. The number of ether oxygens (including phenoxy) is 1. The summed E-state index contributed by atoms with van der Waals surface area (Å²) in [6, 6.07) is 4.47. The maximum Gasteiger partial charge on any atom is 0.341 e. The molecule has 2 rings (SSSR count). The van der Waals surface area contributed by atoms with Crippen LogP contribution in [0.3, 0.4) is 0 Å². The quantitative estimate of drug-likeness (QED) is 0.624. The molecule has 0 fully saturated rings. The summed E-state index contributed by atoms with van der Waals surface area (Å²) < 4.78 is 34.6. The fourth-order valence-corrected chi connectivity index (χ4v) is 1.99. The SMILES string of the molecule is Cc1cc(COC(=O)c2cccnc2SC(F)F)on1. The van der Waals surface area contributed by atoms with Crippen LogP contribution in [0.4, 0.5) is 8.78 Å². The smallest absolute Gasteiger partial charge is 0.341 e. The summed E-state index contributed by atoms with van der Waals surface area (Å²) in [6.45, 7) is 1.61. The first-order chi connectivity index (χ1) is 9.56. The van der Waals surface area contributed by atoms with Gasteiger partial charge in [0.05, 0.1) is 11.3 Å². The fourth-order valence-electron chi connectivity index (χ4n) is 1.42. The number of hydrogen-bond acceptors (Lipinski definition) is 6. The van der Waals surface area contributed by atoms with Crippen LogP contribution in [-0.4, -0.2) is 21.9 Å². The number of esters is 1. The molecule has 0 aliphatic heterocycles. The van der Waals surface area contributed by atoms with Crippen LogP contribution in [0.2, 0.25) is 0 Å². The number of hydrogen-bond donors (Lipinski definition) is 0. The Balaban J connectivity index is 2.05. The highest BCUT2D eigenvalue weighted by atomic mass is 32.2. The largest absolute Gasteiger partial charge is 0.454 e. The number of carbonyl (C=O) groups is 1. The number of carbonyl (C=O) groups excluding carboxylic acids is 1. The summed E-state index contributed by atoms with van der Waals surface area (Å²) in [7, 11) is 0. The van der Waals surface area contributed by atoms with Gasteiger partial charge in [-0.05, 0) is 30.8 Å². The molecule has 0 saturated heterocycles. The third-order valence-corrected chi connectivity index (χ3v) is 2.94. The summed E-state index contributed by atoms with van der Waals surface area (Å²) in [5.41, 5.74) is 0.653. The predicted molar refractivity (Wildman–Crippen MR) is 66.5 cm³/mol. The molecule has 0 aliphatic rings. The van der Waals surface area contributed by atoms with Gasteiger partial charge >= 0.3 is 5.97 Å². The first kappa shape index (κ1) is 14.4. The molecule has 2 aromatic heterocycles. The van der Waals surface area contributed by atoms with E-state index in [2.05, 4.69) is 10.1 Å². The molecule has 0 N–H and O–H groups in total. The number of nitrogens with zero attached hydrogens (tertiary/aromatic N) is 2. The van der Waals surface area contributed by atoms with Crippen LogP contribution < -0.4 is 0 Å². The van der Waals surface area contributed by atoms with Gasteiger partial charge in [0, 0.05) is 12.3 Å². The van der Waals surface area contributed by atoms with Gasteiger partial charge in [0.15, 0.2) is 12.4 Å². The van der Waals surface area contributed by atoms with Gasteiger partial charge in [-0.25, -0.2) is 9.78 Å². The monoisotopic (exact) mass is 300 g/mol. The summed E-state index contributed by atoms with van der Waals surface area (Å²) in [6.07, 6.45) is 1.33. The Bertz CT molecular complexity index is 604. The lowest BCUT2D eigenvalue weighted by molar-refractivity contribution is 0.0432. The van der Waals surface area contributed by atoms with Crippen LogP contribution in [0.25, 0.3) is 0 Å². The van der Waals surface area contributed by atoms with E-state index < -0.39 is 11.7 Å². The number of aromatic nitrogens is 2. The highest BCUT2D eigenvalue weighted by Crippen LogP contribution is 2.26. The molecule has 0 bridgehead atoms. The molecule has 0 aromatic carbocycles. The average Bonchev–Trinajstić information content (AvgIpc) is 2.82. The normalized spacial score (nSPS) is 10.8. The van der Waals surface area contributed by atoms with E-state index in [0.29, 0.717) is 11.5 Å². The zero-order chi connectivity index (χ0) is 14.5. The molecule has 106 valence electrons. The van der Waals surface area contributed by atoms with Crippen molar-refractivity contribution >= 4 is 17.7 Å². The zero-order valence-corrected chi connectivity index (χ0v) is 11.2. The molecule has 0 saturated carbocycles. The van der Waals surface area contributed by atoms with Gasteiger partial charge in [0.2, 0.25) is 0 Å². The second kappa shape index (κ2) is 6.47. The molecule has 5 nitrogen and oxygen atoms in total. The van der Waals surface area contributed by atoms with Crippen molar-refractivity contribution in [3.05, 3.63) is 41.4 Å². The van der Waals surface area contributed by atoms with E-state index in [-0.39, 0.29) is 29.0 Å². The van der Waals surface area contributed by atoms with Crippen molar-refractivity contribution in [3.63, 3.8) is 0 Å². The molecule has 0 aliphatic carbocycles. The molecule has 2 aromatic rings. The van der Waals surface area contributed by atoms with Crippen LogP contribution in [-0.2, 0) is 11.3 Å². The van der Waals surface area contributed by atoms with E-state index in [4.69, 9.17) is 9.26 Å². The van der Waals surface area contributed by atoms with Gasteiger partial charge in [-0.15, -0.1) is 0 Å². The minimum Gasteiger partial charge on any atom is -0.454 e. The molecule has 2 heterocycles. The van der Waals surface area contributed by atoms with Crippen molar-refractivity contribution in [1.29, 1.82) is 0 Å². The Labute approximate surface area is 117 Å². The van der Waals surface area contributed by atoms with E-state index >= 15 is 0 Å². The third kappa shape index (κ3) is 3.77. The summed E-state index contributed by atoms with van der Waals surface area (Å²) in [5.74, 6) is -3.02. The second-order valence-electron chi connectivity index (χ2n) is 3.75. The second-order valence-corrected chi connectivity index (χ2v) is 4.72. The number of alkyl halides is 2. The van der Waals surface area contributed by atoms with Crippen LogP contribution in [0.15, 0.2) is 33.9 Å². The Kier molecular flexibility index (Phi) is 4.67. The van der Waals surface area contributed by atoms with Gasteiger partial charge < -0.3 is 9.26 Å². The number of pyridine rings is 1. The minimum atomic E-state index is -2.66. The molecule has 0 unspecified atom stereocenters. The lowest BCUT2D eigenvalue weighted by Gasteiger charge is -2.06. The lowest BCUT2D eigenvalue weighted by atomic mass is 10.3. The highest BCUT2D eigenvalue weighted by molar-refractivity contribution is 7.99. The Hall–Kier alpha value is -1.96. The van der Waals surface area contributed by atoms with Crippen molar-refractivity contribution < 1.29 is 22.8 Å². The van der Waals surface area contributed by atoms with Crippen molar-refractivity contribution in [2.75, 3.05) is 0 Å². The van der Waals surface area contributed by atoms with Crippen molar-refractivity contribution in [2.24, 2.45) is 0 Å². The number of aryl methyl sites for hydroxylation is 1. The van der Waals surface area contributed by atoms with Gasteiger partial charge in [-0.3, -0.25) is 0 Å². The van der Waals surface area contributed by atoms with Crippen molar-refractivity contribution in [2.45, 2.75) is 24.3 Å². The van der Waals surface area contributed by atoms with E-state index in [0.717, 1.165) is 0 Å². The molecular weight excluding hydrogens is 290 g/mol. The molecular formula is C12H10F2N2O3S. The van der Waals surface area contributed by atoms with Crippen LogP contribution in [0.1, 0.15) is 21.8 Å². The van der Waals surface area contributed by atoms with Crippen LogP contribution in [0, 0.1) is 6.92 Å². The number of halogens is 2. The van der Waals surface area contributed by atoms with E-state index in [1.807, 2.05) is 0 Å². The molecule has 0 amide bonds. The van der Waals surface area contributed by atoms with Gasteiger partial charge in [0.25, 0.3) is 5.76 Å². The first-order valence-corrected chi connectivity index (χ1v) is 6.43. The van der Waals surface area contributed by atoms with E-state index in [9.17, 15) is 13.6 Å². The fraction of sp³-hybridized carbons (Fsp3) is 0.250. The Morgan fingerprint density at radius 2 is 2.35 bits per heavy atom. The molecule has 8 heteroatoms. The summed E-state index contributed by atoms with van der Waals surface area (Å²) in [5, 5.41) is 3.57. The van der Waals surface area contributed by atoms with Crippen molar-refractivity contribution in [1.82, 2.24) is 10.1 Å². The first-order valence-electron chi connectivity index (χ1n) is 5.55. The van der Waals surface area contributed by atoms with Gasteiger partial charge in [-0.2, -0.15) is 8.78 Å². The Morgan fingerprint density at radius 1 is 1.55 bits per heavy atom. The van der Waals surface area contributed by atoms with Crippen LogP contribution in [0.5, 0.6) is 0 Å². The van der Waals surface area contributed by atoms with E-state index in [1.54, 1.807) is 13.0 Å². The third-order valence-electron chi connectivity index (χ3n) is 2.21. The van der Waals surface area contributed by atoms with E-state index in [1.165, 1.54) is 18.3 Å². The molecule has 20 heavy (non-hydrogen) atoms. The standard InChI is InChI=1S/C12H10F2N2O3S/c1-7-5-8(19-16-7)6-18-11(17)9-3-2-4-15-10(9)20-12(13)14/h2-5,12H,6H2,1H3. The maximum atomic E-state index is 12.4. The zero-order valence-electron chi connectivity index (χ0n) is 10.4. The highest BCUT2D eigenvalue weighted by Gasteiger charge is 2.18. The summed E-state index contributed by atoms with van der Waals surface area (Å²) in [4.78, 5) is 15.6. The topological polar surface area (TPSA) is 65.2 Å².